The Bertz CT molecular complexity index is 678. The molecule has 0 aliphatic carbocycles. The summed E-state index contributed by atoms with van der Waals surface area (Å²) in [5, 5.41) is 0.0655. The molecule has 0 saturated heterocycles. The van der Waals surface area contributed by atoms with Crippen LogP contribution in [0.15, 0.2) is 35.5 Å². The first-order valence-corrected chi connectivity index (χ1v) is 6.89. The SMILES string of the molecule is COc1cc(Cl)nc(NS(=O)(=O)c2cccnc2)n1. The zero-order valence-corrected chi connectivity index (χ0v) is 11.3. The molecule has 19 heavy (non-hydrogen) atoms. The van der Waals surface area contributed by atoms with Gasteiger partial charge in [0.25, 0.3) is 10.0 Å². The van der Waals surface area contributed by atoms with Gasteiger partial charge >= 0.3 is 0 Å². The summed E-state index contributed by atoms with van der Waals surface area (Å²) in [5.41, 5.74) is 0. The molecule has 0 fully saturated rings. The summed E-state index contributed by atoms with van der Waals surface area (Å²) < 4.78 is 31.1. The normalized spacial score (nSPS) is 11.1. The standard InChI is InChI=1S/C10H9ClN4O3S/c1-18-9-5-8(11)13-10(14-9)15-19(16,17)7-3-2-4-12-6-7/h2-6H,1H3,(H,13,14,15). The third kappa shape index (κ3) is 3.30. The predicted octanol–water partition coefficient (Wildman–Crippen LogP) is 1.33. The molecular formula is C10H9ClN4O3S. The molecule has 0 amide bonds. The molecule has 0 unspecified atom stereocenters. The van der Waals surface area contributed by atoms with Crippen molar-refractivity contribution in [2.75, 3.05) is 11.8 Å². The van der Waals surface area contributed by atoms with Gasteiger partial charge in [-0.2, -0.15) is 4.98 Å². The lowest BCUT2D eigenvalue weighted by molar-refractivity contribution is 0.397. The highest BCUT2D eigenvalue weighted by Crippen LogP contribution is 2.18. The number of anilines is 1. The predicted molar refractivity (Wildman–Crippen MR) is 68.6 cm³/mol. The number of sulfonamides is 1. The van der Waals surface area contributed by atoms with E-state index in [0.717, 1.165) is 0 Å². The van der Waals surface area contributed by atoms with Gasteiger partial charge in [-0.1, -0.05) is 11.6 Å². The van der Waals surface area contributed by atoms with Crippen molar-refractivity contribution in [2.24, 2.45) is 0 Å². The third-order valence-electron chi connectivity index (χ3n) is 2.05. The monoisotopic (exact) mass is 300 g/mol. The van der Waals surface area contributed by atoms with E-state index in [4.69, 9.17) is 16.3 Å². The Morgan fingerprint density at radius 1 is 1.37 bits per heavy atom. The number of methoxy groups -OCH3 is 1. The summed E-state index contributed by atoms with van der Waals surface area (Å²) in [6.45, 7) is 0. The lowest BCUT2D eigenvalue weighted by Gasteiger charge is -2.07. The van der Waals surface area contributed by atoms with Crippen molar-refractivity contribution in [2.45, 2.75) is 4.90 Å². The van der Waals surface area contributed by atoms with Gasteiger partial charge in [0.2, 0.25) is 11.8 Å². The highest BCUT2D eigenvalue weighted by Gasteiger charge is 2.16. The number of hydrogen-bond donors (Lipinski definition) is 1. The lowest BCUT2D eigenvalue weighted by atomic mass is 10.5. The van der Waals surface area contributed by atoms with E-state index in [9.17, 15) is 8.42 Å². The number of nitrogens with one attached hydrogen (secondary N) is 1. The maximum Gasteiger partial charge on any atom is 0.265 e. The second-order valence-electron chi connectivity index (χ2n) is 3.35. The van der Waals surface area contributed by atoms with Gasteiger partial charge in [0.15, 0.2) is 0 Å². The largest absolute Gasteiger partial charge is 0.481 e. The minimum absolute atomic E-state index is 0.00228. The Hall–Kier alpha value is -1.93. The van der Waals surface area contributed by atoms with E-state index in [2.05, 4.69) is 19.7 Å². The van der Waals surface area contributed by atoms with Crippen molar-refractivity contribution >= 4 is 27.6 Å². The average Bonchev–Trinajstić information content (AvgIpc) is 2.38. The first kappa shape index (κ1) is 13.5. The van der Waals surface area contributed by atoms with E-state index in [1.807, 2.05) is 0 Å². The molecule has 0 aliphatic rings. The van der Waals surface area contributed by atoms with Crippen LogP contribution in [-0.2, 0) is 10.0 Å². The van der Waals surface area contributed by atoms with Gasteiger partial charge in [0.1, 0.15) is 10.0 Å². The maximum absolute atomic E-state index is 12.0. The van der Waals surface area contributed by atoms with Crippen LogP contribution < -0.4 is 9.46 Å². The van der Waals surface area contributed by atoms with Gasteiger partial charge in [-0.3, -0.25) is 4.98 Å². The van der Waals surface area contributed by atoms with Crippen molar-refractivity contribution in [3.8, 4) is 5.88 Å². The van der Waals surface area contributed by atoms with Crippen LogP contribution in [0.25, 0.3) is 0 Å². The quantitative estimate of drug-likeness (QED) is 0.856. The van der Waals surface area contributed by atoms with E-state index < -0.39 is 10.0 Å². The number of pyridine rings is 1. The van der Waals surface area contributed by atoms with Crippen molar-refractivity contribution < 1.29 is 13.2 Å². The molecule has 2 aromatic rings. The first-order chi connectivity index (χ1) is 9.01. The maximum atomic E-state index is 12.0. The van der Waals surface area contributed by atoms with Crippen LogP contribution in [0.2, 0.25) is 5.15 Å². The van der Waals surface area contributed by atoms with E-state index in [1.165, 1.54) is 37.7 Å². The second-order valence-corrected chi connectivity index (χ2v) is 5.42. The Kier molecular flexibility index (Phi) is 3.82. The molecule has 0 bridgehead atoms. The molecular weight excluding hydrogens is 292 g/mol. The summed E-state index contributed by atoms with van der Waals surface area (Å²) in [5.74, 6) is -0.0166. The van der Waals surface area contributed by atoms with Crippen LogP contribution in [0.5, 0.6) is 5.88 Å². The average molecular weight is 301 g/mol. The Morgan fingerprint density at radius 2 is 2.16 bits per heavy atom. The molecule has 1 N–H and O–H groups in total. The summed E-state index contributed by atoms with van der Waals surface area (Å²) in [6.07, 6.45) is 2.68. The van der Waals surface area contributed by atoms with Crippen LogP contribution in [0.3, 0.4) is 0 Å². The molecule has 2 rings (SSSR count). The number of hydrogen-bond acceptors (Lipinski definition) is 6. The Labute approximate surface area is 114 Å². The van der Waals surface area contributed by atoms with Gasteiger partial charge in [-0.05, 0) is 12.1 Å². The van der Waals surface area contributed by atoms with Gasteiger partial charge in [-0.25, -0.2) is 18.1 Å². The van der Waals surface area contributed by atoms with E-state index >= 15 is 0 Å². The fraction of sp³-hybridized carbons (Fsp3) is 0.100. The zero-order valence-electron chi connectivity index (χ0n) is 9.74. The molecule has 0 spiro atoms. The van der Waals surface area contributed by atoms with E-state index in [1.54, 1.807) is 0 Å². The molecule has 0 aromatic carbocycles. The molecule has 7 nitrogen and oxygen atoms in total. The second kappa shape index (κ2) is 5.37. The Balaban J connectivity index is 2.33. The third-order valence-corrected chi connectivity index (χ3v) is 3.56. The van der Waals surface area contributed by atoms with Gasteiger partial charge in [0.05, 0.1) is 7.11 Å². The molecule has 0 atom stereocenters. The van der Waals surface area contributed by atoms with Crippen LogP contribution in [-0.4, -0.2) is 30.5 Å². The smallest absolute Gasteiger partial charge is 0.265 e. The summed E-state index contributed by atoms with van der Waals surface area (Å²) >= 11 is 5.73. The van der Waals surface area contributed by atoms with E-state index in [0.29, 0.717) is 0 Å². The van der Waals surface area contributed by atoms with Crippen LogP contribution in [0.4, 0.5) is 5.95 Å². The number of aromatic nitrogens is 3. The van der Waals surface area contributed by atoms with Crippen molar-refractivity contribution in [1.82, 2.24) is 15.0 Å². The molecule has 9 heteroatoms. The van der Waals surface area contributed by atoms with Gasteiger partial charge in [0, 0.05) is 18.5 Å². The fourth-order valence-corrected chi connectivity index (χ4v) is 2.31. The molecule has 2 aromatic heterocycles. The number of ether oxygens (including phenoxy) is 1. The lowest BCUT2D eigenvalue weighted by Crippen LogP contribution is -2.15. The Morgan fingerprint density at radius 3 is 2.79 bits per heavy atom. The minimum atomic E-state index is -3.81. The minimum Gasteiger partial charge on any atom is -0.481 e. The summed E-state index contributed by atoms with van der Waals surface area (Å²) in [6, 6.07) is 4.27. The molecule has 100 valence electrons. The number of nitrogens with zero attached hydrogens (tertiary/aromatic N) is 3. The summed E-state index contributed by atoms with van der Waals surface area (Å²) in [4.78, 5) is 11.3. The number of halogens is 1. The first-order valence-electron chi connectivity index (χ1n) is 5.03. The molecule has 0 saturated carbocycles. The molecule has 2 heterocycles. The molecule has 0 radical (unpaired) electrons. The van der Waals surface area contributed by atoms with Gasteiger partial charge < -0.3 is 4.74 Å². The fourth-order valence-electron chi connectivity index (χ4n) is 1.23. The van der Waals surface area contributed by atoms with Crippen molar-refractivity contribution in [3.05, 3.63) is 35.7 Å². The van der Waals surface area contributed by atoms with Crippen LogP contribution in [0, 0.1) is 0 Å². The van der Waals surface area contributed by atoms with Gasteiger partial charge in [-0.15, -0.1) is 0 Å². The van der Waals surface area contributed by atoms with Crippen LogP contribution in [0.1, 0.15) is 0 Å². The summed E-state index contributed by atoms with van der Waals surface area (Å²) in [7, 11) is -2.42. The zero-order chi connectivity index (χ0) is 13.9. The molecule has 0 aliphatic heterocycles. The van der Waals surface area contributed by atoms with Crippen LogP contribution >= 0.6 is 11.6 Å². The number of rotatable bonds is 4. The highest BCUT2D eigenvalue weighted by molar-refractivity contribution is 7.92. The van der Waals surface area contributed by atoms with Crippen molar-refractivity contribution in [3.63, 3.8) is 0 Å². The topological polar surface area (TPSA) is 94.1 Å². The van der Waals surface area contributed by atoms with Crippen molar-refractivity contribution in [1.29, 1.82) is 0 Å². The highest BCUT2D eigenvalue weighted by atomic mass is 35.5. The van der Waals surface area contributed by atoms with E-state index in [-0.39, 0.29) is 21.9 Å².